The number of alkyl halides is 1. The van der Waals surface area contributed by atoms with Gasteiger partial charge in [0.1, 0.15) is 18.1 Å². The van der Waals surface area contributed by atoms with Gasteiger partial charge in [0, 0.05) is 11.3 Å². The Bertz CT molecular complexity index is 599. The van der Waals surface area contributed by atoms with Gasteiger partial charge in [0.2, 0.25) is 0 Å². The van der Waals surface area contributed by atoms with Crippen molar-refractivity contribution in [3.8, 4) is 11.5 Å². The Labute approximate surface area is 124 Å². The monoisotopic (exact) mass is 291 g/mol. The number of ether oxygens (including phenoxy) is 2. The average molecular weight is 292 g/mol. The van der Waals surface area contributed by atoms with Gasteiger partial charge in [-0.15, -0.1) is 11.6 Å². The lowest BCUT2D eigenvalue weighted by atomic mass is 10.1. The molecule has 0 radical (unpaired) electrons. The fraction of sp³-hybridized carbons (Fsp3) is 0.312. The molecule has 2 aromatic rings. The summed E-state index contributed by atoms with van der Waals surface area (Å²) < 4.78 is 11.2. The Morgan fingerprint density at radius 1 is 1.10 bits per heavy atom. The van der Waals surface area contributed by atoms with Crippen LogP contribution >= 0.6 is 11.6 Å². The third-order valence-corrected chi connectivity index (χ3v) is 3.27. The lowest BCUT2D eigenvalue weighted by Gasteiger charge is -2.13. The molecule has 0 atom stereocenters. The van der Waals surface area contributed by atoms with E-state index in [9.17, 15) is 0 Å². The van der Waals surface area contributed by atoms with Gasteiger partial charge in [0.05, 0.1) is 18.7 Å². The Morgan fingerprint density at radius 2 is 1.85 bits per heavy atom. The summed E-state index contributed by atoms with van der Waals surface area (Å²) in [6.07, 6.45) is 0. The van der Waals surface area contributed by atoms with Crippen LogP contribution in [0.25, 0.3) is 0 Å². The van der Waals surface area contributed by atoms with Gasteiger partial charge in [-0.25, -0.2) is 0 Å². The van der Waals surface area contributed by atoms with Gasteiger partial charge in [-0.3, -0.25) is 4.98 Å². The van der Waals surface area contributed by atoms with Crippen LogP contribution in [-0.4, -0.2) is 12.1 Å². The number of rotatable bonds is 5. The van der Waals surface area contributed by atoms with E-state index in [0.29, 0.717) is 18.2 Å². The van der Waals surface area contributed by atoms with Crippen molar-refractivity contribution in [1.29, 1.82) is 0 Å². The summed E-state index contributed by atoms with van der Waals surface area (Å²) in [4.78, 5) is 4.38. The predicted molar refractivity (Wildman–Crippen MR) is 80.6 cm³/mol. The third-order valence-electron chi connectivity index (χ3n) is 3.02. The standard InChI is InChI=1S/C16H18ClNO2/c1-11-4-6-15(19-3)13(8-11)10-20-16-7-5-12(2)18-14(16)9-17/h4-8H,9-10H2,1-3H3. The Hall–Kier alpha value is -1.74. The SMILES string of the molecule is COc1ccc(C)cc1COc1ccc(C)nc1CCl. The quantitative estimate of drug-likeness (QED) is 0.780. The van der Waals surface area contributed by atoms with Crippen molar-refractivity contribution in [1.82, 2.24) is 4.98 Å². The summed E-state index contributed by atoms with van der Waals surface area (Å²) in [5.41, 5.74) is 3.87. The fourth-order valence-electron chi connectivity index (χ4n) is 2.00. The van der Waals surface area contributed by atoms with E-state index in [1.807, 2.05) is 38.1 Å². The molecule has 0 bridgehead atoms. The van der Waals surface area contributed by atoms with E-state index in [-0.39, 0.29) is 0 Å². The minimum absolute atomic E-state index is 0.335. The molecule has 0 fully saturated rings. The summed E-state index contributed by atoms with van der Waals surface area (Å²) in [6.45, 7) is 4.41. The molecule has 0 N–H and O–H groups in total. The topological polar surface area (TPSA) is 31.4 Å². The summed E-state index contributed by atoms with van der Waals surface area (Å²) in [5, 5.41) is 0. The van der Waals surface area contributed by atoms with E-state index >= 15 is 0 Å². The van der Waals surface area contributed by atoms with Gasteiger partial charge in [-0.1, -0.05) is 11.6 Å². The second-order valence-electron chi connectivity index (χ2n) is 4.64. The maximum atomic E-state index is 5.90. The predicted octanol–water partition coefficient (Wildman–Crippen LogP) is 4.02. The molecule has 20 heavy (non-hydrogen) atoms. The third kappa shape index (κ3) is 3.42. The lowest BCUT2D eigenvalue weighted by Crippen LogP contribution is -2.02. The molecule has 0 spiro atoms. The molecule has 1 aromatic carbocycles. The summed E-state index contributed by atoms with van der Waals surface area (Å²) in [6, 6.07) is 9.84. The number of aromatic nitrogens is 1. The average Bonchev–Trinajstić information content (AvgIpc) is 2.46. The molecule has 0 aliphatic carbocycles. The first-order chi connectivity index (χ1) is 9.63. The number of pyridine rings is 1. The highest BCUT2D eigenvalue weighted by molar-refractivity contribution is 6.17. The molecule has 0 unspecified atom stereocenters. The smallest absolute Gasteiger partial charge is 0.142 e. The van der Waals surface area contributed by atoms with Gasteiger partial charge in [-0.2, -0.15) is 0 Å². The van der Waals surface area contributed by atoms with Gasteiger partial charge >= 0.3 is 0 Å². The molecule has 3 nitrogen and oxygen atoms in total. The van der Waals surface area contributed by atoms with Gasteiger partial charge in [0.25, 0.3) is 0 Å². The second-order valence-corrected chi connectivity index (χ2v) is 4.90. The molecule has 0 aliphatic rings. The molecule has 0 amide bonds. The van der Waals surface area contributed by atoms with Gasteiger partial charge in [-0.05, 0) is 38.1 Å². The minimum atomic E-state index is 0.335. The maximum Gasteiger partial charge on any atom is 0.142 e. The zero-order valence-electron chi connectivity index (χ0n) is 11.9. The number of benzene rings is 1. The second kappa shape index (κ2) is 6.62. The van der Waals surface area contributed by atoms with Crippen molar-refractivity contribution in [3.05, 3.63) is 52.8 Å². The summed E-state index contributed by atoms with van der Waals surface area (Å²) in [5.74, 6) is 1.87. The van der Waals surface area contributed by atoms with Crippen molar-refractivity contribution in [2.75, 3.05) is 7.11 Å². The molecule has 0 saturated carbocycles. The Balaban J connectivity index is 2.18. The molecule has 4 heteroatoms. The van der Waals surface area contributed by atoms with Crippen LogP contribution in [0.5, 0.6) is 11.5 Å². The molecular weight excluding hydrogens is 274 g/mol. The lowest BCUT2D eigenvalue weighted by molar-refractivity contribution is 0.293. The van der Waals surface area contributed by atoms with Crippen LogP contribution in [0.4, 0.5) is 0 Å². The van der Waals surface area contributed by atoms with E-state index < -0.39 is 0 Å². The van der Waals surface area contributed by atoms with Crippen molar-refractivity contribution >= 4 is 11.6 Å². The van der Waals surface area contributed by atoms with E-state index in [2.05, 4.69) is 11.1 Å². The summed E-state index contributed by atoms with van der Waals surface area (Å²) in [7, 11) is 1.66. The summed E-state index contributed by atoms with van der Waals surface area (Å²) >= 11 is 5.90. The molecule has 0 saturated heterocycles. The Morgan fingerprint density at radius 3 is 2.55 bits per heavy atom. The van der Waals surface area contributed by atoms with Crippen LogP contribution in [0, 0.1) is 13.8 Å². The first-order valence-electron chi connectivity index (χ1n) is 6.43. The highest BCUT2D eigenvalue weighted by Gasteiger charge is 2.08. The molecule has 106 valence electrons. The van der Waals surface area contributed by atoms with Crippen molar-refractivity contribution in [3.63, 3.8) is 0 Å². The number of halogens is 1. The van der Waals surface area contributed by atoms with Crippen molar-refractivity contribution in [2.24, 2.45) is 0 Å². The van der Waals surface area contributed by atoms with Crippen LogP contribution in [0.2, 0.25) is 0 Å². The highest BCUT2D eigenvalue weighted by Crippen LogP contribution is 2.24. The Kier molecular flexibility index (Phi) is 4.85. The van der Waals surface area contributed by atoms with Crippen LogP contribution in [0.3, 0.4) is 0 Å². The normalized spacial score (nSPS) is 10.4. The van der Waals surface area contributed by atoms with Gasteiger partial charge < -0.3 is 9.47 Å². The van der Waals surface area contributed by atoms with Crippen LogP contribution in [0.1, 0.15) is 22.5 Å². The van der Waals surface area contributed by atoms with E-state index in [1.165, 1.54) is 5.56 Å². The number of hydrogen-bond acceptors (Lipinski definition) is 3. The fourth-order valence-corrected chi connectivity index (χ4v) is 2.19. The largest absolute Gasteiger partial charge is 0.496 e. The zero-order chi connectivity index (χ0) is 14.5. The van der Waals surface area contributed by atoms with E-state index in [1.54, 1.807) is 7.11 Å². The zero-order valence-corrected chi connectivity index (χ0v) is 12.7. The van der Waals surface area contributed by atoms with Crippen LogP contribution in [-0.2, 0) is 12.5 Å². The minimum Gasteiger partial charge on any atom is -0.496 e. The molecule has 1 aromatic heterocycles. The first-order valence-corrected chi connectivity index (χ1v) is 6.96. The van der Waals surface area contributed by atoms with Crippen molar-refractivity contribution in [2.45, 2.75) is 26.3 Å². The van der Waals surface area contributed by atoms with Crippen molar-refractivity contribution < 1.29 is 9.47 Å². The first kappa shape index (κ1) is 14.7. The van der Waals surface area contributed by atoms with E-state index in [0.717, 1.165) is 22.7 Å². The number of nitrogens with zero attached hydrogens (tertiary/aromatic N) is 1. The molecule has 1 heterocycles. The van der Waals surface area contributed by atoms with Crippen LogP contribution < -0.4 is 9.47 Å². The van der Waals surface area contributed by atoms with Crippen LogP contribution in [0.15, 0.2) is 30.3 Å². The highest BCUT2D eigenvalue weighted by atomic mass is 35.5. The molecule has 2 rings (SSSR count). The van der Waals surface area contributed by atoms with Gasteiger partial charge in [0.15, 0.2) is 0 Å². The number of aryl methyl sites for hydroxylation is 2. The molecular formula is C16H18ClNO2. The molecule has 0 aliphatic heterocycles. The number of hydrogen-bond donors (Lipinski definition) is 0. The number of methoxy groups -OCH3 is 1. The maximum absolute atomic E-state index is 5.90. The van der Waals surface area contributed by atoms with E-state index in [4.69, 9.17) is 21.1 Å².